The zero-order valence-electron chi connectivity index (χ0n) is 22.9. The van der Waals surface area contributed by atoms with Crippen molar-refractivity contribution in [3.63, 3.8) is 0 Å². The van der Waals surface area contributed by atoms with Crippen molar-refractivity contribution >= 4 is 24.0 Å². The number of carboxylic acid groups (broad SMARTS) is 1. The minimum atomic E-state index is -1.03. The highest BCUT2D eigenvalue weighted by molar-refractivity contribution is 8.00. The fourth-order valence-electron chi connectivity index (χ4n) is 10.1. The van der Waals surface area contributed by atoms with Crippen LogP contribution in [-0.4, -0.2) is 45.9 Å². The summed E-state index contributed by atoms with van der Waals surface area (Å²) in [6.07, 6.45) is 8.50. The molecule has 4 aliphatic carbocycles. The summed E-state index contributed by atoms with van der Waals surface area (Å²) >= 11 is 2.03. The Morgan fingerprint density at radius 3 is 2.62 bits per heavy atom. The van der Waals surface area contributed by atoms with Gasteiger partial charge in [-0.2, -0.15) is 11.8 Å². The Morgan fingerprint density at radius 2 is 1.95 bits per heavy atom. The van der Waals surface area contributed by atoms with Crippen molar-refractivity contribution in [2.24, 2.45) is 45.8 Å². The predicted octanol–water partition coefficient (Wildman–Crippen LogP) is 6.31. The largest absolute Gasteiger partial charge is 0.481 e. The molecule has 0 amide bonds. The topological polar surface area (TPSA) is 57.6 Å². The first-order valence-electron chi connectivity index (χ1n) is 14.5. The molecule has 0 radical (unpaired) electrons. The van der Waals surface area contributed by atoms with E-state index in [-0.39, 0.29) is 23.2 Å². The number of likely N-dealkylation sites (tertiary alicyclic amines) is 1. The lowest BCUT2D eigenvalue weighted by molar-refractivity contribution is -0.177. The number of benzene rings is 1. The molecule has 1 saturated heterocycles. The van der Waals surface area contributed by atoms with Crippen LogP contribution in [0.3, 0.4) is 0 Å². The van der Waals surface area contributed by atoms with Gasteiger partial charge in [-0.25, -0.2) is 0 Å². The molecule has 3 saturated carbocycles. The highest BCUT2D eigenvalue weighted by atomic mass is 32.2. The van der Waals surface area contributed by atoms with Crippen LogP contribution < -0.4 is 0 Å². The van der Waals surface area contributed by atoms with Crippen molar-refractivity contribution < 1.29 is 14.7 Å². The number of carboxylic acids is 1. The van der Waals surface area contributed by atoms with Crippen molar-refractivity contribution in [3.8, 4) is 0 Å². The van der Waals surface area contributed by atoms with Crippen molar-refractivity contribution in [2.75, 3.05) is 12.3 Å². The molecule has 5 aliphatic rings. The Bertz CT molecular complexity index is 1100. The third-order valence-corrected chi connectivity index (χ3v) is 13.1. The molecule has 1 N–H and O–H groups in total. The fraction of sp³-hybridized carbons (Fsp3) is 0.688. The van der Waals surface area contributed by atoms with Crippen LogP contribution in [0.25, 0.3) is 0 Å². The van der Waals surface area contributed by atoms with E-state index in [9.17, 15) is 14.7 Å². The molecule has 4 fully saturated rings. The van der Waals surface area contributed by atoms with E-state index in [1.807, 2.05) is 11.8 Å². The second kappa shape index (κ2) is 8.98. The lowest BCUT2D eigenvalue weighted by atomic mass is 9.43. The van der Waals surface area contributed by atoms with Gasteiger partial charge in [0.05, 0.1) is 5.41 Å². The van der Waals surface area contributed by atoms with E-state index in [0.717, 1.165) is 62.8 Å². The molecule has 200 valence electrons. The monoisotopic (exact) mass is 521 g/mol. The molecule has 1 aliphatic heterocycles. The summed E-state index contributed by atoms with van der Waals surface area (Å²) in [7, 11) is 0. The SMILES string of the molecule is CC(C)C1=C[C@H]2C[C@]3(C=O)[C@@H]4CC[C@@H](C)[C@H]4C[C@@]2(CS[C@@H]2C[C@H](C)N(Cc4ccccc4)C2)[C@]13C(=O)O. The summed E-state index contributed by atoms with van der Waals surface area (Å²) < 4.78 is 0. The standard InChI is InChI=1S/C32H43NO3S/c1-20(2)28-13-24-14-30(18-34)27-11-10-21(3)26(27)15-31(24,32(28,30)29(35)36)19-37-25-12-22(4)33(17-25)16-23-8-6-5-7-9-23/h5-9,13,18,20-22,24-27H,10-12,14-17,19H2,1-4H3,(H,35,36)/t21-,22+,24+,25-,26-,27-,30+,31+,32+/m1/s1. The van der Waals surface area contributed by atoms with Gasteiger partial charge < -0.3 is 9.90 Å². The van der Waals surface area contributed by atoms with E-state index in [1.54, 1.807) is 0 Å². The molecule has 4 bridgehead atoms. The van der Waals surface area contributed by atoms with Gasteiger partial charge in [-0.05, 0) is 67.8 Å². The fourth-order valence-corrected chi connectivity index (χ4v) is 11.9. The van der Waals surface area contributed by atoms with Crippen LogP contribution in [0.4, 0.5) is 0 Å². The van der Waals surface area contributed by atoms with Gasteiger partial charge in [0.15, 0.2) is 0 Å². The van der Waals surface area contributed by atoms with E-state index in [2.05, 4.69) is 69.0 Å². The van der Waals surface area contributed by atoms with Gasteiger partial charge in [0, 0.05) is 35.5 Å². The molecule has 1 heterocycles. The first kappa shape index (κ1) is 25.7. The van der Waals surface area contributed by atoms with Crippen LogP contribution in [0.1, 0.15) is 65.4 Å². The molecular weight excluding hydrogens is 478 g/mol. The molecule has 37 heavy (non-hydrogen) atoms. The van der Waals surface area contributed by atoms with Gasteiger partial charge in [0.2, 0.25) is 0 Å². The first-order chi connectivity index (χ1) is 17.7. The Hall–Kier alpha value is -1.59. The number of fused-ring (bicyclic) bond motifs is 2. The number of nitrogens with zero attached hydrogens (tertiary/aromatic N) is 1. The molecular formula is C32H43NO3S. The van der Waals surface area contributed by atoms with E-state index in [4.69, 9.17) is 0 Å². The van der Waals surface area contributed by atoms with Crippen LogP contribution in [0.15, 0.2) is 42.0 Å². The maximum atomic E-state index is 13.6. The number of rotatable bonds is 8. The molecule has 1 aromatic carbocycles. The normalized spacial score (nSPS) is 44.3. The maximum Gasteiger partial charge on any atom is 0.315 e. The lowest BCUT2D eigenvalue weighted by Crippen LogP contribution is -2.63. The third kappa shape index (κ3) is 3.32. The number of aliphatic carboxylic acids is 1. The molecule has 4 nitrogen and oxygen atoms in total. The van der Waals surface area contributed by atoms with E-state index < -0.39 is 16.8 Å². The van der Waals surface area contributed by atoms with Gasteiger partial charge in [0.1, 0.15) is 11.7 Å². The average Bonchev–Trinajstić information content (AvgIpc) is 3.55. The van der Waals surface area contributed by atoms with Crippen molar-refractivity contribution in [2.45, 2.75) is 77.6 Å². The van der Waals surface area contributed by atoms with Gasteiger partial charge in [-0.1, -0.05) is 69.2 Å². The summed E-state index contributed by atoms with van der Waals surface area (Å²) in [6.45, 7) is 11.0. The molecule has 0 unspecified atom stereocenters. The van der Waals surface area contributed by atoms with Crippen LogP contribution in [-0.2, 0) is 16.1 Å². The molecule has 6 rings (SSSR count). The van der Waals surface area contributed by atoms with Gasteiger partial charge in [-0.3, -0.25) is 9.69 Å². The van der Waals surface area contributed by atoms with Crippen LogP contribution in [0, 0.1) is 45.8 Å². The quantitative estimate of drug-likeness (QED) is 0.321. The smallest absolute Gasteiger partial charge is 0.315 e. The van der Waals surface area contributed by atoms with E-state index in [1.165, 1.54) is 5.56 Å². The molecule has 9 atom stereocenters. The number of carbonyl (C=O) groups is 2. The summed E-state index contributed by atoms with van der Waals surface area (Å²) in [5.74, 6) is 1.76. The highest BCUT2D eigenvalue weighted by Gasteiger charge is 2.84. The Morgan fingerprint density at radius 1 is 1.19 bits per heavy atom. The second-order valence-electron chi connectivity index (χ2n) is 13.4. The number of thioether (sulfide) groups is 1. The van der Waals surface area contributed by atoms with E-state index >= 15 is 0 Å². The number of aldehydes is 1. The molecule has 1 aromatic rings. The summed E-state index contributed by atoms with van der Waals surface area (Å²) in [5.41, 5.74) is 0.292. The van der Waals surface area contributed by atoms with Gasteiger partial charge >= 0.3 is 5.97 Å². The predicted molar refractivity (Wildman–Crippen MR) is 149 cm³/mol. The molecule has 0 spiro atoms. The minimum absolute atomic E-state index is 0.147. The number of allylic oxidation sites excluding steroid dienone is 1. The lowest BCUT2D eigenvalue weighted by Gasteiger charge is -2.58. The Balaban J connectivity index is 1.32. The number of hydrogen-bond donors (Lipinski definition) is 1. The maximum absolute atomic E-state index is 13.6. The molecule has 0 aromatic heterocycles. The van der Waals surface area contributed by atoms with Crippen LogP contribution >= 0.6 is 11.8 Å². The van der Waals surface area contributed by atoms with Crippen molar-refractivity contribution in [3.05, 3.63) is 47.5 Å². The average molecular weight is 522 g/mol. The number of hydrogen-bond acceptors (Lipinski definition) is 4. The molecule has 5 heteroatoms. The third-order valence-electron chi connectivity index (χ3n) is 11.6. The summed E-state index contributed by atoms with van der Waals surface area (Å²) in [4.78, 5) is 29.4. The van der Waals surface area contributed by atoms with Gasteiger partial charge in [0.25, 0.3) is 0 Å². The zero-order valence-corrected chi connectivity index (χ0v) is 23.7. The van der Waals surface area contributed by atoms with E-state index in [0.29, 0.717) is 23.1 Å². The highest BCUT2D eigenvalue weighted by Crippen LogP contribution is 2.83. The van der Waals surface area contributed by atoms with Crippen molar-refractivity contribution in [1.29, 1.82) is 0 Å². The van der Waals surface area contributed by atoms with Crippen molar-refractivity contribution in [1.82, 2.24) is 4.90 Å². The first-order valence-corrected chi connectivity index (χ1v) is 15.6. The van der Waals surface area contributed by atoms with Gasteiger partial charge in [-0.15, -0.1) is 0 Å². The second-order valence-corrected chi connectivity index (χ2v) is 14.7. The number of carbonyl (C=O) groups excluding carboxylic acids is 1. The zero-order chi connectivity index (χ0) is 26.2. The summed E-state index contributed by atoms with van der Waals surface area (Å²) in [5, 5.41) is 11.7. The Labute approximate surface area is 226 Å². The summed E-state index contributed by atoms with van der Waals surface area (Å²) in [6, 6.07) is 11.2. The van der Waals surface area contributed by atoms with Crippen LogP contribution in [0.2, 0.25) is 0 Å². The van der Waals surface area contributed by atoms with Crippen LogP contribution in [0.5, 0.6) is 0 Å². The Kier molecular flexibility index (Phi) is 6.23. The minimum Gasteiger partial charge on any atom is -0.481 e.